The number of aryl methyl sites for hydroxylation is 1. The number of carbonyl (C=O) groups is 2. The molecular formula is C27H34N4O4S. The fourth-order valence-corrected chi connectivity index (χ4v) is 6.85. The number of rotatable bonds is 7. The van der Waals surface area contributed by atoms with Crippen molar-refractivity contribution in [1.82, 2.24) is 14.5 Å². The second-order valence-electron chi connectivity index (χ2n) is 10.0. The molecule has 9 heteroatoms. The lowest BCUT2D eigenvalue weighted by Gasteiger charge is -2.39. The van der Waals surface area contributed by atoms with E-state index in [2.05, 4.69) is 14.9 Å². The fourth-order valence-electron chi connectivity index (χ4n) is 5.61. The van der Waals surface area contributed by atoms with Crippen molar-refractivity contribution in [2.45, 2.75) is 61.9 Å². The minimum atomic E-state index is -3.95. The number of sulfonamides is 1. The quantitative estimate of drug-likeness (QED) is 0.597. The van der Waals surface area contributed by atoms with E-state index in [-0.39, 0.29) is 23.1 Å². The zero-order valence-corrected chi connectivity index (χ0v) is 21.3. The van der Waals surface area contributed by atoms with E-state index < -0.39 is 16.1 Å². The minimum absolute atomic E-state index is 0.0715. The summed E-state index contributed by atoms with van der Waals surface area (Å²) in [6, 6.07) is 13.9. The lowest BCUT2D eigenvalue weighted by atomic mass is 10.0. The van der Waals surface area contributed by atoms with E-state index in [1.54, 1.807) is 12.1 Å². The highest BCUT2D eigenvalue weighted by Crippen LogP contribution is 2.27. The van der Waals surface area contributed by atoms with Crippen LogP contribution in [-0.2, 0) is 32.5 Å². The highest BCUT2D eigenvalue weighted by molar-refractivity contribution is 7.89. The van der Waals surface area contributed by atoms with Crippen LogP contribution < -0.4 is 10.0 Å². The van der Waals surface area contributed by atoms with Crippen molar-refractivity contribution in [2.75, 3.05) is 31.5 Å². The molecule has 1 saturated carbocycles. The highest BCUT2D eigenvalue weighted by atomic mass is 32.2. The van der Waals surface area contributed by atoms with E-state index in [0.29, 0.717) is 37.7 Å². The third-order valence-corrected chi connectivity index (χ3v) is 9.10. The number of nitrogens with zero attached hydrogens (tertiary/aromatic N) is 2. The molecule has 2 N–H and O–H groups in total. The lowest BCUT2D eigenvalue weighted by Crippen LogP contribution is -2.56. The van der Waals surface area contributed by atoms with Crippen molar-refractivity contribution >= 4 is 27.5 Å². The van der Waals surface area contributed by atoms with Crippen LogP contribution >= 0.6 is 0 Å². The Morgan fingerprint density at radius 1 is 1.00 bits per heavy atom. The molecule has 2 aromatic rings. The Bertz CT molecular complexity index is 1200. The van der Waals surface area contributed by atoms with E-state index >= 15 is 0 Å². The van der Waals surface area contributed by atoms with Crippen LogP contribution in [0.4, 0.5) is 5.69 Å². The first kappa shape index (κ1) is 24.9. The van der Waals surface area contributed by atoms with Crippen molar-refractivity contribution in [1.29, 1.82) is 0 Å². The summed E-state index contributed by atoms with van der Waals surface area (Å²) in [4.78, 5) is 29.7. The van der Waals surface area contributed by atoms with Crippen molar-refractivity contribution in [3.63, 3.8) is 0 Å². The SMILES string of the molecule is O=C1CCc2cc(S(=O)(=O)N[C@@H](Cc3ccccc3)C(=O)N3CCN(C4CCCC4)CC3)ccc2N1. The molecule has 2 fully saturated rings. The molecule has 3 aliphatic rings. The van der Waals surface area contributed by atoms with Crippen LogP contribution in [-0.4, -0.2) is 68.3 Å². The minimum Gasteiger partial charge on any atom is -0.339 e. The number of benzene rings is 2. The summed E-state index contributed by atoms with van der Waals surface area (Å²) in [5.41, 5.74) is 2.32. The smallest absolute Gasteiger partial charge is 0.241 e. The average Bonchev–Trinajstić information content (AvgIpc) is 3.43. The van der Waals surface area contributed by atoms with Gasteiger partial charge in [-0.2, -0.15) is 4.72 Å². The van der Waals surface area contributed by atoms with Crippen molar-refractivity contribution in [3.05, 3.63) is 59.7 Å². The molecule has 36 heavy (non-hydrogen) atoms. The predicted octanol–water partition coefficient (Wildman–Crippen LogP) is 2.55. The van der Waals surface area contributed by atoms with Gasteiger partial charge in [-0.1, -0.05) is 43.2 Å². The van der Waals surface area contributed by atoms with E-state index in [4.69, 9.17) is 0 Å². The van der Waals surface area contributed by atoms with Crippen molar-refractivity contribution in [2.24, 2.45) is 0 Å². The van der Waals surface area contributed by atoms with Crippen LogP contribution in [0.15, 0.2) is 53.4 Å². The zero-order chi connectivity index (χ0) is 25.1. The first-order chi connectivity index (χ1) is 17.4. The van der Waals surface area contributed by atoms with Crippen LogP contribution in [0.5, 0.6) is 0 Å². The maximum absolute atomic E-state index is 13.6. The fraction of sp³-hybridized carbons (Fsp3) is 0.481. The molecule has 2 heterocycles. The summed E-state index contributed by atoms with van der Waals surface area (Å²) in [5.74, 6) is -0.253. The van der Waals surface area contributed by atoms with Gasteiger partial charge in [0.1, 0.15) is 6.04 Å². The summed E-state index contributed by atoms with van der Waals surface area (Å²) in [5, 5.41) is 2.78. The average molecular weight is 511 g/mol. The number of nitrogens with one attached hydrogen (secondary N) is 2. The normalized spacial score (nSPS) is 20.1. The van der Waals surface area contributed by atoms with Gasteiger partial charge in [0, 0.05) is 44.3 Å². The first-order valence-corrected chi connectivity index (χ1v) is 14.4. The highest BCUT2D eigenvalue weighted by Gasteiger charge is 2.33. The Kier molecular flexibility index (Phi) is 7.41. The molecule has 1 saturated heterocycles. The molecular weight excluding hydrogens is 476 g/mol. The topological polar surface area (TPSA) is 98.8 Å². The van der Waals surface area contributed by atoms with Gasteiger partial charge in [0.05, 0.1) is 4.90 Å². The van der Waals surface area contributed by atoms with E-state index in [1.807, 2.05) is 35.2 Å². The number of anilines is 1. The zero-order valence-electron chi connectivity index (χ0n) is 20.5. The summed E-state index contributed by atoms with van der Waals surface area (Å²) in [7, 11) is -3.95. The molecule has 0 unspecified atom stereocenters. The standard InChI is InChI=1S/C27H34N4O4S/c32-26-13-10-21-19-23(11-12-24(21)28-26)36(34,35)29-25(18-20-6-2-1-3-7-20)27(33)31-16-14-30(15-17-31)22-8-4-5-9-22/h1-3,6-7,11-12,19,22,25,29H,4-5,8-10,13-18H2,(H,28,32)/t25-/m0/s1. The molecule has 5 rings (SSSR count). The Balaban J connectivity index is 1.33. The summed E-state index contributed by atoms with van der Waals surface area (Å²) in [6.45, 7) is 2.89. The second-order valence-corrected chi connectivity index (χ2v) is 11.7. The number of fused-ring (bicyclic) bond motifs is 1. The third kappa shape index (κ3) is 5.63. The number of piperazine rings is 1. The van der Waals surface area contributed by atoms with Gasteiger partial charge in [-0.15, -0.1) is 0 Å². The second kappa shape index (κ2) is 10.7. The lowest BCUT2D eigenvalue weighted by molar-refractivity contribution is -0.135. The van der Waals surface area contributed by atoms with E-state index in [9.17, 15) is 18.0 Å². The van der Waals surface area contributed by atoms with Gasteiger partial charge in [-0.05, 0) is 55.0 Å². The molecule has 1 aliphatic carbocycles. The monoisotopic (exact) mass is 510 g/mol. The van der Waals surface area contributed by atoms with Crippen LogP contribution in [0.25, 0.3) is 0 Å². The van der Waals surface area contributed by atoms with Gasteiger partial charge in [0.15, 0.2) is 0 Å². The van der Waals surface area contributed by atoms with E-state index in [1.165, 1.54) is 31.7 Å². The Hall–Kier alpha value is -2.75. The van der Waals surface area contributed by atoms with Crippen LogP contribution in [0, 0.1) is 0 Å². The molecule has 2 amide bonds. The maximum Gasteiger partial charge on any atom is 0.241 e. The molecule has 0 aromatic heterocycles. The van der Waals surface area contributed by atoms with Gasteiger partial charge in [-0.3, -0.25) is 14.5 Å². The predicted molar refractivity (Wildman–Crippen MR) is 138 cm³/mol. The van der Waals surface area contributed by atoms with Crippen LogP contribution in [0.1, 0.15) is 43.2 Å². The van der Waals surface area contributed by atoms with Gasteiger partial charge in [-0.25, -0.2) is 8.42 Å². The number of amides is 2. The number of hydrogen-bond acceptors (Lipinski definition) is 5. The number of hydrogen-bond donors (Lipinski definition) is 2. The number of carbonyl (C=O) groups excluding carboxylic acids is 2. The van der Waals surface area contributed by atoms with Crippen molar-refractivity contribution < 1.29 is 18.0 Å². The molecule has 192 valence electrons. The van der Waals surface area contributed by atoms with Gasteiger partial charge >= 0.3 is 0 Å². The van der Waals surface area contributed by atoms with Gasteiger partial charge in [0.2, 0.25) is 21.8 Å². The van der Waals surface area contributed by atoms with Gasteiger partial charge < -0.3 is 10.2 Å². The van der Waals surface area contributed by atoms with Crippen LogP contribution in [0.3, 0.4) is 0 Å². The summed E-state index contributed by atoms with van der Waals surface area (Å²) >= 11 is 0. The molecule has 0 bridgehead atoms. The molecule has 8 nitrogen and oxygen atoms in total. The molecule has 0 radical (unpaired) electrons. The Morgan fingerprint density at radius 3 is 2.44 bits per heavy atom. The summed E-state index contributed by atoms with van der Waals surface area (Å²) < 4.78 is 29.6. The molecule has 1 atom stereocenters. The molecule has 2 aliphatic heterocycles. The van der Waals surface area contributed by atoms with Crippen LogP contribution in [0.2, 0.25) is 0 Å². The third-order valence-electron chi connectivity index (χ3n) is 7.63. The van der Waals surface area contributed by atoms with Crippen molar-refractivity contribution in [3.8, 4) is 0 Å². The largest absolute Gasteiger partial charge is 0.339 e. The van der Waals surface area contributed by atoms with Gasteiger partial charge in [0.25, 0.3) is 0 Å². The Morgan fingerprint density at radius 2 is 1.72 bits per heavy atom. The molecule has 0 spiro atoms. The van der Waals surface area contributed by atoms with E-state index in [0.717, 1.165) is 24.2 Å². The Labute approximate surface area is 213 Å². The molecule has 2 aromatic carbocycles. The first-order valence-electron chi connectivity index (χ1n) is 12.9. The maximum atomic E-state index is 13.6. The summed E-state index contributed by atoms with van der Waals surface area (Å²) in [6.07, 6.45) is 6.11.